The number of benzene rings is 2. The predicted octanol–water partition coefficient (Wildman–Crippen LogP) is 1.85. The SMILES string of the molecule is CNC(=O)COc1cccc(NC(=O)C2CC(=O)N(c3ccc(F)c([N+](=O)[O-])c3)C2)c1. The monoisotopic (exact) mass is 430 g/mol. The zero-order valence-electron chi connectivity index (χ0n) is 16.5. The van der Waals surface area contributed by atoms with Crippen LogP contribution in [-0.4, -0.2) is 42.8 Å². The molecule has 1 fully saturated rings. The number of carbonyl (C=O) groups excluding carboxylic acids is 3. The summed E-state index contributed by atoms with van der Waals surface area (Å²) in [5.41, 5.74) is -0.174. The van der Waals surface area contributed by atoms with Gasteiger partial charge in [-0.2, -0.15) is 4.39 Å². The van der Waals surface area contributed by atoms with Crippen molar-refractivity contribution in [1.29, 1.82) is 0 Å². The van der Waals surface area contributed by atoms with Crippen molar-refractivity contribution in [3.8, 4) is 5.75 Å². The van der Waals surface area contributed by atoms with Crippen LogP contribution in [0.25, 0.3) is 0 Å². The van der Waals surface area contributed by atoms with Crippen molar-refractivity contribution >= 4 is 34.8 Å². The summed E-state index contributed by atoms with van der Waals surface area (Å²) in [5, 5.41) is 16.1. The number of hydrogen-bond acceptors (Lipinski definition) is 6. The summed E-state index contributed by atoms with van der Waals surface area (Å²) < 4.78 is 18.9. The molecule has 0 radical (unpaired) electrons. The standard InChI is InChI=1S/C20H19FN4O6/c1-22-18(26)11-31-15-4-2-3-13(8-15)23-20(28)12-7-19(27)24(10-12)14-5-6-16(21)17(9-14)25(29)30/h2-6,8-9,12H,7,10-11H2,1H3,(H,22,26)(H,23,28). The summed E-state index contributed by atoms with van der Waals surface area (Å²) >= 11 is 0. The van der Waals surface area contributed by atoms with Crippen LogP contribution in [0, 0.1) is 21.8 Å². The number of likely N-dealkylation sites (N-methyl/N-ethyl adjacent to an activating group) is 1. The number of carbonyl (C=O) groups is 3. The zero-order valence-corrected chi connectivity index (χ0v) is 16.5. The summed E-state index contributed by atoms with van der Waals surface area (Å²) in [6, 6.07) is 9.58. The first kappa shape index (κ1) is 21.7. The molecule has 1 saturated heterocycles. The van der Waals surface area contributed by atoms with E-state index in [0.29, 0.717) is 11.4 Å². The lowest BCUT2D eigenvalue weighted by Crippen LogP contribution is -2.28. The van der Waals surface area contributed by atoms with Crippen molar-refractivity contribution < 1.29 is 28.4 Å². The van der Waals surface area contributed by atoms with Crippen molar-refractivity contribution in [3.05, 3.63) is 58.4 Å². The van der Waals surface area contributed by atoms with Gasteiger partial charge in [-0.25, -0.2) is 0 Å². The molecule has 1 heterocycles. The zero-order chi connectivity index (χ0) is 22.5. The predicted molar refractivity (Wildman–Crippen MR) is 108 cm³/mol. The Morgan fingerprint density at radius 3 is 2.77 bits per heavy atom. The number of nitrogens with one attached hydrogen (secondary N) is 2. The molecule has 0 spiro atoms. The van der Waals surface area contributed by atoms with Gasteiger partial charge >= 0.3 is 5.69 Å². The highest BCUT2D eigenvalue weighted by molar-refractivity contribution is 6.03. The van der Waals surface area contributed by atoms with Crippen LogP contribution in [0.5, 0.6) is 5.75 Å². The highest BCUT2D eigenvalue weighted by atomic mass is 19.1. The van der Waals surface area contributed by atoms with Crippen LogP contribution in [0.15, 0.2) is 42.5 Å². The minimum absolute atomic E-state index is 0.000313. The molecule has 0 aromatic heterocycles. The van der Waals surface area contributed by atoms with E-state index in [9.17, 15) is 28.9 Å². The van der Waals surface area contributed by atoms with E-state index in [-0.39, 0.29) is 31.2 Å². The van der Waals surface area contributed by atoms with Gasteiger partial charge in [-0.1, -0.05) is 6.07 Å². The molecule has 10 nitrogen and oxygen atoms in total. The number of rotatable bonds is 7. The molecule has 0 saturated carbocycles. The average Bonchev–Trinajstić information content (AvgIpc) is 3.14. The highest BCUT2D eigenvalue weighted by Crippen LogP contribution is 2.30. The Hall–Kier alpha value is -4.02. The summed E-state index contributed by atoms with van der Waals surface area (Å²) in [6.07, 6.45) is -0.0934. The molecular formula is C20H19FN4O6. The molecule has 3 rings (SSSR count). The van der Waals surface area contributed by atoms with Crippen molar-refractivity contribution in [3.63, 3.8) is 0 Å². The van der Waals surface area contributed by atoms with E-state index in [1.165, 1.54) is 18.0 Å². The number of anilines is 2. The van der Waals surface area contributed by atoms with Gasteiger partial charge in [0.2, 0.25) is 17.6 Å². The molecule has 1 aliphatic heterocycles. The third kappa shape index (κ3) is 5.13. The third-order valence-electron chi connectivity index (χ3n) is 4.68. The molecular weight excluding hydrogens is 411 g/mol. The van der Waals surface area contributed by atoms with Gasteiger partial charge in [0.05, 0.1) is 16.5 Å². The van der Waals surface area contributed by atoms with Crippen LogP contribution in [0.3, 0.4) is 0 Å². The number of ether oxygens (including phenoxy) is 1. The maximum atomic E-state index is 13.6. The van der Waals surface area contributed by atoms with Crippen LogP contribution in [0.2, 0.25) is 0 Å². The van der Waals surface area contributed by atoms with E-state index in [4.69, 9.17) is 4.74 Å². The van der Waals surface area contributed by atoms with Crippen LogP contribution in [0.4, 0.5) is 21.5 Å². The Kier molecular flexibility index (Phi) is 6.43. The number of hydrogen-bond donors (Lipinski definition) is 2. The normalized spacial score (nSPS) is 15.5. The molecule has 2 aromatic carbocycles. The second-order valence-electron chi connectivity index (χ2n) is 6.78. The summed E-state index contributed by atoms with van der Waals surface area (Å²) in [5.74, 6) is -2.45. The fourth-order valence-electron chi connectivity index (χ4n) is 3.07. The van der Waals surface area contributed by atoms with E-state index in [2.05, 4.69) is 10.6 Å². The summed E-state index contributed by atoms with van der Waals surface area (Å²) in [6.45, 7) is -0.176. The van der Waals surface area contributed by atoms with Crippen molar-refractivity contribution in [2.24, 2.45) is 5.92 Å². The topological polar surface area (TPSA) is 131 Å². The van der Waals surface area contributed by atoms with E-state index in [0.717, 1.165) is 12.1 Å². The minimum Gasteiger partial charge on any atom is -0.484 e. The second kappa shape index (κ2) is 9.20. The Bertz CT molecular complexity index is 1040. The average molecular weight is 430 g/mol. The number of halogens is 1. The van der Waals surface area contributed by atoms with Crippen LogP contribution in [-0.2, 0) is 14.4 Å². The van der Waals surface area contributed by atoms with Crippen LogP contribution in [0.1, 0.15) is 6.42 Å². The van der Waals surface area contributed by atoms with Crippen LogP contribution >= 0.6 is 0 Å². The fourth-order valence-corrected chi connectivity index (χ4v) is 3.07. The Balaban J connectivity index is 1.66. The van der Waals surface area contributed by atoms with Crippen molar-refractivity contribution in [2.75, 3.05) is 30.4 Å². The number of nitrogens with zero attached hydrogens (tertiary/aromatic N) is 2. The van der Waals surface area contributed by atoms with Gasteiger partial charge in [-0.05, 0) is 24.3 Å². The van der Waals surface area contributed by atoms with Crippen molar-refractivity contribution in [1.82, 2.24) is 5.32 Å². The largest absolute Gasteiger partial charge is 0.484 e. The second-order valence-corrected chi connectivity index (χ2v) is 6.78. The van der Waals surface area contributed by atoms with Gasteiger partial charge in [-0.15, -0.1) is 0 Å². The Morgan fingerprint density at radius 1 is 1.29 bits per heavy atom. The maximum Gasteiger partial charge on any atom is 0.306 e. The van der Waals surface area contributed by atoms with Gasteiger partial charge in [-0.3, -0.25) is 24.5 Å². The molecule has 2 N–H and O–H groups in total. The first-order chi connectivity index (χ1) is 14.8. The molecule has 3 amide bonds. The van der Waals surface area contributed by atoms with E-state index in [1.807, 2.05) is 0 Å². The minimum atomic E-state index is -1.01. The van der Waals surface area contributed by atoms with Gasteiger partial charge in [0.15, 0.2) is 6.61 Å². The maximum absolute atomic E-state index is 13.6. The molecule has 2 aromatic rings. The Morgan fingerprint density at radius 2 is 2.06 bits per heavy atom. The summed E-state index contributed by atoms with van der Waals surface area (Å²) in [7, 11) is 1.48. The van der Waals surface area contributed by atoms with E-state index in [1.54, 1.807) is 24.3 Å². The number of nitro benzene ring substituents is 1. The fraction of sp³-hybridized carbons (Fsp3) is 0.250. The third-order valence-corrected chi connectivity index (χ3v) is 4.68. The number of nitro groups is 1. The molecule has 1 aliphatic rings. The quantitative estimate of drug-likeness (QED) is 0.509. The molecule has 0 bridgehead atoms. The molecule has 0 aliphatic carbocycles. The van der Waals surface area contributed by atoms with Gasteiger partial charge in [0.25, 0.3) is 5.91 Å². The molecule has 31 heavy (non-hydrogen) atoms. The van der Waals surface area contributed by atoms with Gasteiger partial charge in [0.1, 0.15) is 5.75 Å². The van der Waals surface area contributed by atoms with Crippen molar-refractivity contribution in [2.45, 2.75) is 6.42 Å². The molecule has 162 valence electrons. The first-order valence-corrected chi connectivity index (χ1v) is 9.27. The molecule has 1 atom stereocenters. The molecule has 1 unspecified atom stereocenters. The van der Waals surface area contributed by atoms with Gasteiger partial charge in [0, 0.05) is 37.8 Å². The smallest absolute Gasteiger partial charge is 0.306 e. The highest BCUT2D eigenvalue weighted by Gasteiger charge is 2.36. The van der Waals surface area contributed by atoms with Crippen LogP contribution < -0.4 is 20.3 Å². The summed E-state index contributed by atoms with van der Waals surface area (Å²) in [4.78, 5) is 47.6. The van der Waals surface area contributed by atoms with Gasteiger partial charge < -0.3 is 20.3 Å². The van der Waals surface area contributed by atoms with E-state index < -0.39 is 34.2 Å². The van der Waals surface area contributed by atoms with E-state index >= 15 is 0 Å². The lowest BCUT2D eigenvalue weighted by Gasteiger charge is -2.17. The number of amides is 3. The first-order valence-electron chi connectivity index (χ1n) is 9.27. The molecule has 11 heteroatoms. The Labute approximate surface area is 176 Å². The lowest BCUT2D eigenvalue weighted by molar-refractivity contribution is -0.387. The lowest BCUT2D eigenvalue weighted by atomic mass is 10.1.